The second-order valence-electron chi connectivity index (χ2n) is 14.1. The number of H-pyrrole nitrogens is 1. The fraction of sp³-hybridized carbons (Fsp3) is 0.618. The van der Waals surface area contributed by atoms with E-state index in [9.17, 15) is 19.2 Å². The average Bonchev–Trinajstić information content (AvgIpc) is 3.58. The Kier molecular flexibility index (Phi) is 11.8. The number of aromatic amines is 1. The maximum Gasteiger partial charge on any atom is 0.509 e. The molecule has 48 heavy (non-hydrogen) atoms. The van der Waals surface area contributed by atoms with Crippen LogP contribution in [-0.4, -0.2) is 100 Å². The lowest BCUT2D eigenvalue weighted by Gasteiger charge is -2.31. The second-order valence-corrected chi connectivity index (χ2v) is 14.1. The third-order valence-corrected chi connectivity index (χ3v) is 7.96. The van der Waals surface area contributed by atoms with Gasteiger partial charge in [-0.3, -0.25) is 9.69 Å². The summed E-state index contributed by atoms with van der Waals surface area (Å²) in [6.45, 7) is 10.9. The van der Waals surface area contributed by atoms with Gasteiger partial charge in [0, 0.05) is 25.2 Å². The van der Waals surface area contributed by atoms with E-state index in [1.807, 2.05) is 12.1 Å². The van der Waals surface area contributed by atoms with E-state index in [1.54, 1.807) is 78.2 Å². The number of aromatic nitrogens is 2. The Hall–Kier alpha value is -4.49. The lowest BCUT2D eigenvalue weighted by Crippen LogP contribution is -2.47. The van der Waals surface area contributed by atoms with Crippen molar-refractivity contribution in [1.29, 1.82) is 0 Å². The Labute approximate surface area is 281 Å². The number of benzene rings is 1. The van der Waals surface area contributed by atoms with Crippen molar-refractivity contribution < 1.29 is 42.9 Å². The molecule has 1 aliphatic carbocycles. The van der Waals surface area contributed by atoms with Gasteiger partial charge in [-0.1, -0.05) is 18.6 Å². The van der Waals surface area contributed by atoms with E-state index >= 15 is 0 Å². The van der Waals surface area contributed by atoms with Crippen LogP contribution in [0.5, 0.6) is 5.75 Å². The van der Waals surface area contributed by atoms with Gasteiger partial charge in [0.2, 0.25) is 5.91 Å². The molecule has 0 unspecified atom stereocenters. The minimum Gasteiger partial charge on any atom is -0.497 e. The van der Waals surface area contributed by atoms with E-state index in [-0.39, 0.29) is 37.9 Å². The maximum atomic E-state index is 13.5. The van der Waals surface area contributed by atoms with Crippen LogP contribution in [0.2, 0.25) is 0 Å². The SMILES string of the molecule is COc1ccc(C[C@H]2[C@H](OC(=O)NCCN(Cc3c[nH]cn3)C(=O)C3CCC3)[C@H](OC(=O)OC(C)(C)C)CN2C(=O)OC(C)(C)C)cc1. The van der Waals surface area contributed by atoms with E-state index in [0.717, 1.165) is 24.8 Å². The van der Waals surface area contributed by atoms with Crippen molar-refractivity contribution in [2.24, 2.45) is 5.92 Å². The van der Waals surface area contributed by atoms with Gasteiger partial charge in [-0.15, -0.1) is 0 Å². The van der Waals surface area contributed by atoms with Crippen LogP contribution < -0.4 is 10.1 Å². The van der Waals surface area contributed by atoms with Crippen molar-refractivity contribution in [3.8, 4) is 5.75 Å². The minimum atomic E-state index is -1.08. The van der Waals surface area contributed by atoms with E-state index in [4.69, 9.17) is 23.7 Å². The number of hydrogen-bond donors (Lipinski definition) is 2. The monoisotopic (exact) mass is 671 g/mol. The fourth-order valence-corrected chi connectivity index (χ4v) is 5.49. The van der Waals surface area contributed by atoms with Crippen molar-refractivity contribution in [3.05, 3.63) is 48.0 Å². The summed E-state index contributed by atoms with van der Waals surface area (Å²) in [5.41, 5.74) is -0.111. The van der Waals surface area contributed by atoms with Gasteiger partial charge in [-0.05, 0) is 78.5 Å². The van der Waals surface area contributed by atoms with Crippen LogP contribution in [0.4, 0.5) is 14.4 Å². The first-order chi connectivity index (χ1) is 22.6. The molecular weight excluding hydrogens is 622 g/mol. The summed E-state index contributed by atoms with van der Waals surface area (Å²) in [5.74, 6) is 0.649. The Bertz CT molecular complexity index is 1380. The molecule has 3 amide bonds. The number of likely N-dealkylation sites (tertiary alicyclic amines) is 1. The highest BCUT2D eigenvalue weighted by Crippen LogP contribution is 2.31. The Balaban J connectivity index is 1.52. The molecule has 14 nitrogen and oxygen atoms in total. The summed E-state index contributed by atoms with van der Waals surface area (Å²) in [4.78, 5) is 63.0. The molecule has 264 valence electrons. The van der Waals surface area contributed by atoms with Gasteiger partial charge in [0.25, 0.3) is 0 Å². The third-order valence-electron chi connectivity index (χ3n) is 7.96. The molecule has 14 heteroatoms. The number of amides is 3. The molecular formula is C34H49N5O9. The van der Waals surface area contributed by atoms with Gasteiger partial charge in [0.05, 0.1) is 38.3 Å². The normalized spacial score (nSPS) is 19.6. The summed E-state index contributed by atoms with van der Waals surface area (Å²) >= 11 is 0. The van der Waals surface area contributed by atoms with Crippen LogP contribution in [-0.2, 0) is 36.7 Å². The number of alkyl carbamates (subject to hydrolysis) is 1. The third kappa shape index (κ3) is 10.5. The highest BCUT2D eigenvalue weighted by molar-refractivity contribution is 5.79. The fourth-order valence-electron chi connectivity index (χ4n) is 5.49. The lowest BCUT2D eigenvalue weighted by molar-refractivity contribution is -0.138. The minimum absolute atomic E-state index is 0.0218. The molecule has 3 atom stereocenters. The molecule has 0 radical (unpaired) electrons. The van der Waals surface area contributed by atoms with Gasteiger partial charge in [-0.2, -0.15) is 0 Å². The predicted molar refractivity (Wildman–Crippen MR) is 174 cm³/mol. The molecule has 2 aliphatic rings. The molecule has 0 spiro atoms. The molecule has 0 bridgehead atoms. The van der Waals surface area contributed by atoms with Crippen molar-refractivity contribution in [2.75, 3.05) is 26.7 Å². The van der Waals surface area contributed by atoms with Gasteiger partial charge >= 0.3 is 18.3 Å². The smallest absolute Gasteiger partial charge is 0.497 e. The van der Waals surface area contributed by atoms with Crippen molar-refractivity contribution >= 4 is 24.2 Å². The zero-order chi connectivity index (χ0) is 35.1. The molecule has 2 heterocycles. The number of imidazole rings is 1. The Morgan fingerprint density at radius 2 is 1.69 bits per heavy atom. The highest BCUT2D eigenvalue weighted by atomic mass is 16.7. The Morgan fingerprint density at radius 1 is 1.00 bits per heavy atom. The molecule has 1 aromatic heterocycles. The van der Waals surface area contributed by atoms with Gasteiger partial charge in [0.15, 0.2) is 12.2 Å². The van der Waals surface area contributed by atoms with E-state index in [2.05, 4.69) is 15.3 Å². The first kappa shape index (κ1) is 36.3. The standard InChI is InChI=1S/C34H49N5O9/c1-33(2,3)47-31(42)39-20-27(45-32(43)48-34(4,5)6)28(26(39)17-22-11-13-25(44-7)14-12-22)46-30(41)36-15-16-38(19-24-18-35-21-37-24)29(40)23-9-8-10-23/h11-14,18,21,23,26-28H,8-10,15-17,19-20H2,1-7H3,(H,35,37)(H,36,41)/t26-,27+,28-/m0/s1. The summed E-state index contributed by atoms with van der Waals surface area (Å²) < 4.78 is 28.0. The summed E-state index contributed by atoms with van der Waals surface area (Å²) in [6, 6.07) is 6.51. The number of rotatable bonds is 11. The number of hydrogen-bond acceptors (Lipinski definition) is 10. The molecule has 1 saturated carbocycles. The predicted octanol–water partition coefficient (Wildman–Crippen LogP) is 4.82. The van der Waals surface area contributed by atoms with E-state index in [1.165, 1.54) is 4.90 Å². The number of ether oxygens (including phenoxy) is 5. The number of nitrogens with one attached hydrogen (secondary N) is 2. The molecule has 2 aromatic rings. The van der Waals surface area contributed by atoms with Crippen LogP contribution >= 0.6 is 0 Å². The summed E-state index contributed by atoms with van der Waals surface area (Å²) in [7, 11) is 1.57. The first-order valence-electron chi connectivity index (χ1n) is 16.3. The first-order valence-corrected chi connectivity index (χ1v) is 16.3. The van der Waals surface area contributed by atoms with E-state index < -0.39 is 47.8 Å². The second kappa shape index (κ2) is 15.6. The van der Waals surface area contributed by atoms with Crippen LogP contribution in [0.25, 0.3) is 0 Å². The van der Waals surface area contributed by atoms with Crippen LogP contribution in [0.3, 0.4) is 0 Å². The van der Waals surface area contributed by atoms with Gasteiger partial charge < -0.3 is 38.9 Å². The molecule has 1 aliphatic heterocycles. The van der Waals surface area contributed by atoms with Gasteiger partial charge in [-0.25, -0.2) is 19.4 Å². The lowest BCUT2D eigenvalue weighted by atomic mass is 9.84. The molecule has 2 fully saturated rings. The molecule has 1 saturated heterocycles. The number of methoxy groups -OCH3 is 1. The van der Waals surface area contributed by atoms with Crippen molar-refractivity contribution in [3.63, 3.8) is 0 Å². The molecule has 4 rings (SSSR count). The van der Waals surface area contributed by atoms with Crippen molar-refractivity contribution in [1.82, 2.24) is 25.1 Å². The highest BCUT2D eigenvalue weighted by Gasteiger charge is 2.50. The van der Waals surface area contributed by atoms with E-state index in [0.29, 0.717) is 18.0 Å². The van der Waals surface area contributed by atoms with Crippen LogP contribution in [0.15, 0.2) is 36.8 Å². The number of carbonyl (C=O) groups is 4. The number of carbonyl (C=O) groups excluding carboxylic acids is 4. The average molecular weight is 672 g/mol. The van der Waals surface area contributed by atoms with Crippen LogP contribution in [0.1, 0.15) is 72.1 Å². The van der Waals surface area contributed by atoms with Crippen LogP contribution in [0, 0.1) is 5.92 Å². The zero-order valence-corrected chi connectivity index (χ0v) is 28.9. The summed E-state index contributed by atoms with van der Waals surface area (Å²) in [5, 5.41) is 2.74. The maximum absolute atomic E-state index is 13.5. The van der Waals surface area contributed by atoms with Gasteiger partial charge in [0.1, 0.15) is 17.0 Å². The number of nitrogens with zero attached hydrogens (tertiary/aromatic N) is 3. The Morgan fingerprint density at radius 3 is 2.25 bits per heavy atom. The topological polar surface area (TPSA) is 162 Å². The largest absolute Gasteiger partial charge is 0.509 e. The quantitative estimate of drug-likeness (QED) is 0.250. The summed E-state index contributed by atoms with van der Waals surface area (Å²) in [6.07, 6.45) is 1.70. The zero-order valence-electron chi connectivity index (χ0n) is 28.9. The molecule has 2 N–H and O–H groups in total. The van der Waals surface area contributed by atoms with Crippen molar-refractivity contribution in [2.45, 2.75) is 103 Å². The molecule has 1 aromatic carbocycles.